The predicted molar refractivity (Wildman–Crippen MR) is 145 cm³/mol. The van der Waals surface area contributed by atoms with Crippen molar-refractivity contribution in [3.63, 3.8) is 0 Å². The molecule has 0 amide bonds. The fraction of sp³-hybridized carbons (Fsp3) is 0.355. The van der Waals surface area contributed by atoms with Crippen LogP contribution in [0.3, 0.4) is 0 Å². The molecule has 0 saturated heterocycles. The molecule has 2 aromatic heterocycles. The number of aryl methyl sites for hydroxylation is 1. The summed E-state index contributed by atoms with van der Waals surface area (Å²) in [7, 11) is 0. The molecule has 10 heteroatoms. The van der Waals surface area contributed by atoms with Gasteiger partial charge in [-0.1, -0.05) is 42.8 Å². The maximum absolute atomic E-state index is 13.6. The summed E-state index contributed by atoms with van der Waals surface area (Å²) in [6.07, 6.45) is -7.25. The maximum atomic E-state index is 13.6. The Labute approximate surface area is 233 Å². The first-order valence-corrected chi connectivity index (χ1v) is 13.4. The second-order valence-electron chi connectivity index (χ2n) is 10.8. The van der Waals surface area contributed by atoms with Crippen molar-refractivity contribution in [2.45, 2.75) is 52.1 Å². The van der Waals surface area contributed by atoms with Crippen molar-refractivity contribution in [1.82, 2.24) is 14.5 Å². The molecule has 0 bridgehead atoms. The zero-order valence-corrected chi connectivity index (χ0v) is 22.6. The minimum atomic E-state index is -4.91. The molecule has 0 radical (unpaired) electrons. The highest BCUT2D eigenvalue weighted by Gasteiger charge is 2.37. The van der Waals surface area contributed by atoms with E-state index in [2.05, 4.69) is 4.98 Å². The molecule has 1 aliphatic heterocycles. The van der Waals surface area contributed by atoms with Gasteiger partial charge in [-0.2, -0.15) is 26.3 Å². The quantitative estimate of drug-likeness (QED) is 0.238. The molecule has 41 heavy (non-hydrogen) atoms. The summed E-state index contributed by atoms with van der Waals surface area (Å²) in [6, 6.07) is 13.3. The average Bonchev–Trinajstić information content (AvgIpc) is 2.98. The van der Waals surface area contributed by atoms with Crippen LogP contribution in [0.4, 0.5) is 26.3 Å². The van der Waals surface area contributed by atoms with Crippen molar-refractivity contribution in [1.29, 1.82) is 0 Å². The Bertz CT molecular complexity index is 1590. The van der Waals surface area contributed by atoms with Crippen LogP contribution < -0.4 is 5.56 Å². The van der Waals surface area contributed by atoms with Gasteiger partial charge in [0.05, 0.1) is 11.1 Å². The zero-order chi connectivity index (χ0) is 29.5. The Morgan fingerprint density at radius 3 is 2.22 bits per heavy atom. The van der Waals surface area contributed by atoms with Gasteiger partial charge in [-0.05, 0) is 54.7 Å². The number of hydrogen-bond acceptors (Lipinski definition) is 3. The molecule has 0 spiro atoms. The molecular weight excluding hydrogens is 544 g/mol. The number of halogens is 6. The average molecular weight is 574 g/mol. The summed E-state index contributed by atoms with van der Waals surface area (Å²) in [6.45, 7) is 5.08. The van der Waals surface area contributed by atoms with Gasteiger partial charge in [-0.15, -0.1) is 0 Å². The van der Waals surface area contributed by atoms with E-state index in [-0.39, 0.29) is 29.7 Å². The molecule has 0 fully saturated rings. The van der Waals surface area contributed by atoms with Gasteiger partial charge in [0, 0.05) is 55.4 Å². The predicted octanol–water partition coefficient (Wildman–Crippen LogP) is 7.49. The van der Waals surface area contributed by atoms with Crippen LogP contribution in [0.25, 0.3) is 22.0 Å². The van der Waals surface area contributed by atoms with Crippen LogP contribution in [0, 0.1) is 12.8 Å². The number of hydrogen-bond donors (Lipinski definition) is 0. The number of pyridine rings is 2. The Morgan fingerprint density at radius 2 is 1.59 bits per heavy atom. The Hall–Kier alpha value is -3.66. The molecule has 0 aliphatic carbocycles. The summed E-state index contributed by atoms with van der Waals surface area (Å²) in [5.41, 5.74) is 1.07. The fourth-order valence-electron chi connectivity index (χ4n) is 5.61. The van der Waals surface area contributed by atoms with Crippen molar-refractivity contribution < 1.29 is 26.3 Å². The van der Waals surface area contributed by atoms with Crippen molar-refractivity contribution in [3.05, 3.63) is 99.1 Å². The SMILES string of the molecule is Cc1ccc(-c2c3n(c(=O)c4ncccc24)CC[C@@H](C)CN(Cc2cc(C(F)(F)F)cc(C(F)(F)F)c2)CC3)cc1. The van der Waals surface area contributed by atoms with Gasteiger partial charge in [0.1, 0.15) is 5.52 Å². The summed E-state index contributed by atoms with van der Waals surface area (Å²) < 4.78 is 82.7. The largest absolute Gasteiger partial charge is 0.416 e. The smallest absolute Gasteiger partial charge is 0.310 e. The van der Waals surface area contributed by atoms with E-state index >= 15 is 0 Å². The monoisotopic (exact) mass is 573 g/mol. The molecule has 2 aromatic carbocycles. The Balaban J connectivity index is 1.58. The van der Waals surface area contributed by atoms with E-state index < -0.39 is 23.5 Å². The van der Waals surface area contributed by atoms with Crippen molar-refractivity contribution >= 4 is 10.9 Å². The molecule has 1 aliphatic rings. The van der Waals surface area contributed by atoms with Gasteiger partial charge >= 0.3 is 12.4 Å². The van der Waals surface area contributed by atoms with Crippen molar-refractivity contribution in [3.8, 4) is 11.1 Å². The van der Waals surface area contributed by atoms with E-state index in [0.717, 1.165) is 34.5 Å². The number of benzene rings is 2. The number of aromatic nitrogens is 2. The molecule has 5 rings (SSSR count). The number of nitrogens with zero attached hydrogens (tertiary/aromatic N) is 3. The number of alkyl halides is 6. The van der Waals surface area contributed by atoms with E-state index in [1.165, 1.54) is 0 Å². The minimum Gasteiger partial charge on any atom is -0.310 e. The minimum absolute atomic E-state index is 0.0305. The third-order valence-corrected chi connectivity index (χ3v) is 7.61. The number of rotatable bonds is 3. The zero-order valence-electron chi connectivity index (χ0n) is 22.6. The van der Waals surface area contributed by atoms with Crippen LogP contribution in [0.5, 0.6) is 0 Å². The van der Waals surface area contributed by atoms with E-state index in [1.807, 2.05) is 49.1 Å². The second kappa shape index (κ2) is 11.0. The van der Waals surface area contributed by atoms with Crippen molar-refractivity contribution in [2.75, 3.05) is 13.1 Å². The molecule has 0 saturated carbocycles. The normalized spacial score (nSPS) is 17.1. The van der Waals surface area contributed by atoms with Crippen molar-refractivity contribution in [2.24, 2.45) is 5.92 Å². The fourth-order valence-corrected chi connectivity index (χ4v) is 5.61. The standard InChI is InChI=1S/C31H29F6N3O/c1-19-5-7-22(8-6-19)27-25-4-3-11-38-28(25)29(41)40-13-9-20(2)17-39(12-10-26(27)40)18-21-14-23(30(32,33)34)16-24(15-21)31(35,36)37/h3-8,11,14-16,20H,9-10,12-13,17-18H2,1-2H3/t20-/m1/s1. The van der Waals surface area contributed by atoms with Gasteiger partial charge in [-0.25, -0.2) is 0 Å². The van der Waals surface area contributed by atoms with E-state index in [4.69, 9.17) is 0 Å². The Kier molecular flexibility index (Phi) is 7.72. The lowest BCUT2D eigenvalue weighted by molar-refractivity contribution is -0.143. The molecule has 4 nitrogen and oxygen atoms in total. The third kappa shape index (κ3) is 6.17. The van der Waals surface area contributed by atoms with Gasteiger partial charge in [0.2, 0.25) is 0 Å². The first-order chi connectivity index (χ1) is 19.3. The van der Waals surface area contributed by atoms with E-state index in [1.54, 1.807) is 16.8 Å². The summed E-state index contributed by atoms with van der Waals surface area (Å²) in [4.78, 5) is 19.9. The lowest BCUT2D eigenvalue weighted by Crippen LogP contribution is -2.30. The third-order valence-electron chi connectivity index (χ3n) is 7.61. The first-order valence-electron chi connectivity index (χ1n) is 13.4. The molecule has 4 aromatic rings. The molecule has 216 valence electrons. The molecule has 3 heterocycles. The lowest BCUT2D eigenvalue weighted by Gasteiger charge is -2.26. The molecule has 1 atom stereocenters. The van der Waals surface area contributed by atoms with Gasteiger partial charge in [0.15, 0.2) is 0 Å². The molecular formula is C31H29F6N3O. The summed E-state index contributed by atoms with van der Waals surface area (Å²) in [5, 5.41) is 0.708. The molecule has 0 unspecified atom stereocenters. The second-order valence-corrected chi connectivity index (χ2v) is 10.8. The first kappa shape index (κ1) is 28.9. The van der Waals surface area contributed by atoms with Crippen LogP contribution >= 0.6 is 0 Å². The van der Waals surface area contributed by atoms with Crippen LogP contribution in [-0.2, 0) is 31.9 Å². The van der Waals surface area contributed by atoms with Crippen LogP contribution in [0.2, 0.25) is 0 Å². The van der Waals surface area contributed by atoms with Gasteiger partial charge in [0.25, 0.3) is 5.56 Å². The lowest BCUT2D eigenvalue weighted by atomic mass is 9.96. The highest BCUT2D eigenvalue weighted by molar-refractivity contribution is 5.95. The maximum Gasteiger partial charge on any atom is 0.416 e. The number of fused-ring (bicyclic) bond motifs is 2. The van der Waals surface area contributed by atoms with Crippen LogP contribution in [0.1, 0.15) is 41.3 Å². The van der Waals surface area contributed by atoms with Gasteiger partial charge in [-0.3, -0.25) is 14.7 Å². The Morgan fingerprint density at radius 1 is 0.927 bits per heavy atom. The highest BCUT2D eigenvalue weighted by Crippen LogP contribution is 2.37. The molecule has 0 N–H and O–H groups in total. The van der Waals surface area contributed by atoms with Gasteiger partial charge < -0.3 is 4.57 Å². The summed E-state index contributed by atoms with van der Waals surface area (Å²) >= 11 is 0. The van der Waals surface area contributed by atoms with Crippen LogP contribution in [-0.4, -0.2) is 27.5 Å². The van der Waals surface area contributed by atoms with E-state index in [0.29, 0.717) is 43.4 Å². The highest BCUT2D eigenvalue weighted by atomic mass is 19.4. The van der Waals surface area contributed by atoms with E-state index in [9.17, 15) is 31.1 Å². The van der Waals surface area contributed by atoms with Crippen LogP contribution in [0.15, 0.2) is 65.6 Å². The summed E-state index contributed by atoms with van der Waals surface area (Å²) in [5.74, 6) is 0.0305. The topological polar surface area (TPSA) is 38.1 Å².